The largest absolute Gasteiger partial charge is 0.368 e. The quantitative estimate of drug-likeness (QED) is 0.356. The van der Waals surface area contributed by atoms with Gasteiger partial charge in [-0.15, -0.1) is 0 Å². The minimum Gasteiger partial charge on any atom is -0.368 e. The molecule has 2 aromatic carbocycles. The van der Waals surface area contributed by atoms with Gasteiger partial charge in [0, 0.05) is 39.1 Å². The summed E-state index contributed by atoms with van der Waals surface area (Å²) in [6.45, 7) is 1.85. The van der Waals surface area contributed by atoms with Gasteiger partial charge in [0.15, 0.2) is 0 Å². The average Bonchev–Trinajstić information content (AvgIpc) is 3.34. The molecule has 0 aliphatic carbocycles. The molecule has 3 heterocycles. The van der Waals surface area contributed by atoms with Crippen molar-refractivity contribution in [3.8, 4) is 16.8 Å². The maximum Gasteiger partial charge on any atom is 0.266 e. The van der Waals surface area contributed by atoms with E-state index in [1.807, 2.05) is 68.7 Å². The fraction of sp³-hybridized carbons (Fsp3) is 0.185. The Labute approximate surface area is 218 Å². The number of aromatic nitrogens is 6. The van der Waals surface area contributed by atoms with Crippen molar-refractivity contribution < 1.29 is 4.79 Å². The summed E-state index contributed by atoms with van der Waals surface area (Å²) < 4.78 is 3.27. The second-order valence-corrected chi connectivity index (χ2v) is 9.10. The Morgan fingerprint density at radius 1 is 1.05 bits per heavy atom. The fourth-order valence-corrected chi connectivity index (χ4v) is 4.34. The summed E-state index contributed by atoms with van der Waals surface area (Å²) in [4.78, 5) is 41.6. The predicted molar refractivity (Wildman–Crippen MR) is 146 cm³/mol. The molecule has 192 valence electrons. The van der Waals surface area contributed by atoms with Crippen molar-refractivity contribution in [2.45, 2.75) is 13.0 Å². The summed E-state index contributed by atoms with van der Waals surface area (Å²) in [5, 5.41) is 7.99. The zero-order valence-corrected chi connectivity index (χ0v) is 21.5. The van der Waals surface area contributed by atoms with Crippen molar-refractivity contribution in [2.24, 2.45) is 7.05 Å². The van der Waals surface area contributed by atoms with E-state index >= 15 is 0 Å². The highest BCUT2D eigenvalue weighted by Crippen LogP contribution is 2.28. The lowest BCUT2D eigenvalue weighted by molar-refractivity contribution is 0.0827. The molecule has 5 aromatic rings. The van der Waals surface area contributed by atoms with E-state index in [0.29, 0.717) is 22.4 Å². The first kappa shape index (κ1) is 24.6. The van der Waals surface area contributed by atoms with Crippen LogP contribution in [0.1, 0.15) is 29.1 Å². The number of rotatable bonds is 6. The number of nitrogen functional groups attached to an aromatic ring is 1. The molecule has 0 saturated carbocycles. The predicted octanol–water partition coefficient (Wildman–Crippen LogP) is 3.03. The van der Waals surface area contributed by atoms with Crippen molar-refractivity contribution in [3.05, 3.63) is 88.9 Å². The smallest absolute Gasteiger partial charge is 0.266 e. The minimum absolute atomic E-state index is 0.0167. The molecule has 0 bridgehead atoms. The molecular weight excluding hydrogens is 482 g/mol. The van der Waals surface area contributed by atoms with Gasteiger partial charge < -0.3 is 16.0 Å². The number of nitrogens with one attached hydrogen (secondary N) is 1. The van der Waals surface area contributed by atoms with Gasteiger partial charge in [0.1, 0.15) is 17.2 Å². The molecular formula is C27H27N9O2. The number of para-hydroxylation sites is 1. The van der Waals surface area contributed by atoms with Crippen LogP contribution < -0.4 is 16.6 Å². The molecule has 3 N–H and O–H groups in total. The van der Waals surface area contributed by atoms with E-state index in [0.717, 1.165) is 11.1 Å². The van der Waals surface area contributed by atoms with Gasteiger partial charge in [-0.25, -0.2) is 9.97 Å². The van der Waals surface area contributed by atoms with Crippen molar-refractivity contribution >= 4 is 28.6 Å². The van der Waals surface area contributed by atoms with E-state index < -0.39 is 6.04 Å². The Morgan fingerprint density at radius 2 is 1.82 bits per heavy atom. The molecule has 5 rings (SSSR count). The molecule has 1 amide bonds. The number of anilines is 2. The van der Waals surface area contributed by atoms with Crippen LogP contribution in [0, 0.1) is 0 Å². The Kier molecular flexibility index (Phi) is 6.33. The molecule has 0 fully saturated rings. The summed E-state index contributed by atoms with van der Waals surface area (Å²) in [5.74, 6) is 0.426. The number of carbonyl (C=O) groups is 1. The highest BCUT2D eigenvalue weighted by molar-refractivity contribution is 5.98. The van der Waals surface area contributed by atoms with Gasteiger partial charge in [-0.05, 0) is 30.7 Å². The van der Waals surface area contributed by atoms with Gasteiger partial charge in [0.25, 0.3) is 11.5 Å². The third-order valence-corrected chi connectivity index (χ3v) is 6.14. The highest BCUT2D eigenvalue weighted by Gasteiger charge is 2.23. The van der Waals surface area contributed by atoms with Crippen molar-refractivity contribution in [1.29, 1.82) is 0 Å². The van der Waals surface area contributed by atoms with E-state index in [1.54, 1.807) is 29.5 Å². The molecule has 38 heavy (non-hydrogen) atoms. The van der Waals surface area contributed by atoms with Crippen LogP contribution in [0.4, 0.5) is 11.8 Å². The maximum atomic E-state index is 14.2. The first-order valence-electron chi connectivity index (χ1n) is 12.0. The summed E-state index contributed by atoms with van der Waals surface area (Å²) in [6.07, 6.45) is 4.97. The van der Waals surface area contributed by atoms with Crippen molar-refractivity contribution in [3.63, 3.8) is 0 Å². The lowest BCUT2D eigenvalue weighted by Crippen LogP contribution is -2.29. The van der Waals surface area contributed by atoms with Crippen molar-refractivity contribution in [2.75, 3.05) is 25.1 Å². The molecule has 1 atom stereocenters. The van der Waals surface area contributed by atoms with Gasteiger partial charge in [0.2, 0.25) is 5.95 Å². The molecule has 0 saturated heterocycles. The second kappa shape index (κ2) is 9.77. The summed E-state index contributed by atoms with van der Waals surface area (Å²) >= 11 is 0. The van der Waals surface area contributed by atoms with Gasteiger partial charge in [-0.2, -0.15) is 10.1 Å². The van der Waals surface area contributed by atoms with Crippen LogP contribution in [-0.4, -0.2) is 54.2 Å². The molecule has 0 unspecified atom stereocenters. The monoisotopic (exact) mass is 509 g/mol. The number of hydrogen-bond acceptors (Lipinski definition) is 8. The summed E-state index contributed by atoms with van der Waals surface area (Å²) in [6, 6.07) is 14.3. The third kappa shape index (κ3) is 4.45. The number of fused-ring (bicyclic) bond motifs is 1. The number of nitrogens with zero attached hydrogens (tertiary/aromatic N) is 7. The van der Waals surface area contributed by atoms with Crippen LogP contribution in [0.5, 0.6) is 0 Å². The number of carbonyl (C=O) groups excluding carboxylic acids is 1. The number of amides is 1. The zero-order chi connectivity index (χ0) is 27.0. The van der Waals surface area contributed by atoms with E-state index in [1.165, 1.54) is 11.1 Å². The zero-order valence-electron chi connectivity index (χ0n) is 21.5. The SMILES string of the molecule is C[C@@H](Nc1nc(N)ncc1C(=O)N(C)C)c1nc2cccc(-c3cnn(C)c3)c2c(=O)n1-c1ccccc1. The van der Waals surface area contributed by atoms with Crippen LogP contribution in [0.15, 0.2) is 71.9 Å². The van der Waals surface area contributed by atoms with E-state index in [-0.39, 0.29) is 28.8 Å². The minimum atomic E-state index is -0.544. The van der Waals surface area contributed by atoms with Crippen LogP contribution in [0.3, 0.4) is 0 Å². The lowest BCUT2D eigenvalue weighted by atomic mass is 10.0. The topological polar surface area (TPSA) is 137 Å². The van der Waals surface area contributed by atoms with Gasteiger partial charge in [-0.3, -0.25) is 18.8 Å². The summed E-state index contributed by atoms with van der Waals surface area (Å²) in [5.41, 5.74) is 8.63. The van der Waals surface area contributed by atoms with Crippen LogP contribution in [0.2, 0.25) is 0 Å². The number of hydrogen-bond donors (Lipinski definition) is 2. The normalized spacial score (nSPS) is 11.9. The Morgan fingerprint density at radius 3 is 2.50 bits per heavy atom. The van der Waals surface area contributed by atoms with E-state index in [4.69, 9.17) is 10.7 Å². The Bertz CT molecular complexity index is 1710. The molecule has 11 nitrogen and oxygen atoms in total. The third-order valence-electron chi connectivity index (χ3n) is 6.14. The molecule has 0 aliphatic heterocycles. The van der Waals surface area contributed by atoms with Gasteiger partial charge >= 0.3 is 0 Å². The van der Waals surface area contributed by atoms with Gasteiger partial charge in [-0.1, -0.05) is 30.3 Å². The fourth-order valence-electron chi connectivity index (χ4n) is 4.34. The Hall–Kier alpha value is -5.06. The average molecular weight is 510 g/mol. The van der Waals surface area contributed by atoms with Gasteiger partial charge in [0.05, 0.1) is 28.8 Å². The van der Waals surface area contributed by atoms with Crippen LogP contribution >= 0.6 is 0 Å². The molecule has 11 heteroatoms. The maximum absolute atomic E-state index is 14.2. The van der Waals surface area contributed by atoms with Crippen LogP contribution in [-0.2, 0) is 7.05 Å². The first-order valence-corrected chi connectivity index (χ1v) is 12.0. The van der Waals surface area contributed by atoms with E-state index in [2.05, 4.69) is 20.4 Å². The van der Waals surface area contributed by atoms with Crippen LogP contribution in [0.25, 0.3) is 27.7 Å². The molecule has 0 aliphatic rings. The number of aryl methyl sites for hydroxylation is 1. The Balaban J connectivity index is 1.71. The number of nitrogens with two attached hydrogens (primary N) is 1. The van der Waals surface area contributed by atoms with Crippen molar-refractivity contribution in [1.82, 2.24) is 34.2 Å². The highest BCUT2D eigenvalue weighted by atomic mass is 16.2. The molecule has 3 aromatic heterocycles. The summed E-state index contributed by atoms with van der Waals surface area (Å²) in [7, 11) is 5.11. The molecule has 0 spiro atoms. The molecule has 0 radical (unpaired) electrons. The first-order chi connectivity index (χ1) is 18.2. The lowest BCUT2D eigenvalue weighted by Gasteiger charge is -2.22. The standard InChI is InChI=1S/C27H27N9O2/c1-16(31-23-20(25(37)34(2)3)14-29-27(28)33-23)24-32-21-12-8-11-19(17-13-30-35(4)15-17)22(21)26(38)36(24)18-9-6-5-7-10-18/h5-16H,1-4H3,(H3,28,29,31,33)/t16-/m1/s1. The number of benzene rings is 2. The van der Waals surface area contributed by atoms with E-state index in [9.17, 15) is 9.59 Å². The second-order valence-electron chi connectivity index (χ2n) is 9.10.